The first kappa shape index (κ1) is 23.7. The number of nitrogens with one attached hydrogen (secondary N) is 1. The molecule has 1 aliphatic carbocycles. The number of benzene rings is 1. The van der Waals surface area contributed by atoms with Gasteiger partial charge in [-0.05, 0) is 20.2 Å². The van der Waals surface area contributed by atoms with Gasteiger partial charge in [0.2, 0.25) is 23.3 Å². The molecule has 1 aliphatic heterocycles. The fourth-order valence-electron chi connectivity index (χ4n) is 3.82. The van der Waals surface area contributed by atoms with E-state index in [4.69, 9.17) is 4.74 Å². The van der Waals surface area contributed by atoms with Gasteiger partial charge in [0, 0.05) is 18.7 Å². The summed E-state index contributed by atoms with van der Waals surface area (Å²) in [5.74, 6) is -2.42. The molecular formula is C25H25N5O5. The lowest BCUT2D eigenvalue weighted by atomic mass is 9.88. The maximum Gasteiger partial charge on any atom is 0.235 e. The van der Waals surface area contributed by atoms with Crippen molar-refractivity contribution in [2.75, 3.05) is 37.4 Å². The largest absolute Gasteiger partial charge is 0.508 e. The van der Waals surface area contributed by atoms with E-state index in [0.717, 1.165) is 6.54 Å². The number of ketones is 2. The number of carbonyl (C=O) groups is 2. The maximum atomic E-state index is 13.6. The van der Waals surface area contributed by atoms with Gasteiger partial charge in [0.1, 0.15) is 23.0 Å². The Kier molecular flexibility index (Phi) is 6.39. The van der Waals surface area contributed by atoms with E-state index < -0.39 is 34.2 Å². The molecule has 0 saturated heterocycles. The Labute approximate surface area is 202 Å². The van der Waals surface area contributed by atoms with Crippen LogP contribution < -0.4 is 15.0 Å². The van der Waals surface area contributed by atoms with E-state index in [2.05, 4.69) is 28.4 Å². The zero-order chi connectivity index (χ0) is 25.3. The van der Waals surface area contributed by atoms with Crippen LogP contribution in [0.2, 0.25) is 0 Å². The third-order valence-electron chi connectivity index (χ3n) is 5.49. The van der Waals surface area contributed by atoms with Crippen molar-refractivity contribution in [3.05, 3.63) is 89.5 Å². The van der Waals surface area contributed by atoms with Crippen LogP contribution in [-0.4, -0.2) is 63.8 Å². The highest BCUT2D eigenvalue weighted by molar-refractivity contribution is 6.28. The zero-order valence-corrected chi connectivity index (χ0v) is 19.4. The number of fused-ring (bicyclic) bond motifs is 1. The lowest BCUT2D eigenvalue weighted by Crippen LogP contribution is -2.36. The van der Waals surface area contributed by atoms with E-state index in [0.29, 0.717) is 29.5 Å². The lowest BCUT2D eigenvalue weighted by molar-refractivity contribution is -0.118. The molecule has 0 radical (unpaired) electrons. The zero-order valence-electron chi connectivity index (χ0n) is 19.4. The smallest absolute Gasteiger partial charge is 0.235 e. The molecule has 1 aromatic heterocycles. The van der Waals surface area contributed by atoms with E-state index in [-0.39, 0.29) is 18.0 Å². The number of hydrogen-bond acceptors (Lipinski definition) is 10. The first-order chi connectivity index (χ1) is 16.7. The monoisotopic (exact) mass is 475 g/mol. The molecule has 4 rings (SSSR count). The SMILES string of the molecule is C=C(O)C1=C(C(=C)O)C(=O)C2=C(Oc3ccccc3CN2c2cnc(NCCN(C)C)nc2)C1=O. The molecule has 2 aromatic rings. The van der Waals surface area contributed by atoms with Crippen molar-refractivity contribution < 1.29 is 24.5 Å². The summed E-state index contributed by atoms with van der Waals surface area (Å²) in [5.41, 5.74) is 0.0926. The highest BCUT2D eigenvalue weighted by atomic mass is 16.5. The average Bonchev–Trinajstić information content (AvgIpc) is 2.98. The predicted molar refractivity (Wildman–Crippen MR) is 130 cm³/mol. The lowest BCUT2D eigenvalue weighted by Gasteiger charge is -2.29. The van der Waals surface area contributed by atoms with Crippen LogP contribution in [0, 0.1) is 0 Å². The Morgan fingerprint density at radius 1 is 1.09 bits per heavy atom. The van der Waals surface area contributed by atoms with Crippen LogP contribution in [0.1, 0.15) is 5.56 Å². The number of carbonyl (C=O) groups excluding carboxylic acids is 2. The van der Waals surface area contributed by atoms with Gasteiger partial charge in [-0.25, -0.2) is 9.97 Å². The second-order valence-corrected chi connectivity index (χ2v) is 8.27. The summed E-state index contributed by atoms with van der Waals surface area (Å²) < 4.78 is 5.92. The fourth-order valence-corrected chi connectivity index (χ4v) is 3.82. The topological polar surface area (TPSA) is 128 Å². The summed E-state index contributed by atoms with van der Waals surface area (Å²) in [6.45, 7) is 8.36. The number of likely N-dealkylation sites (N-methyl/N-ethyl adjacent to an activating group) is 1. The predicted octanol–water partition coefficient (Wildman–Crippen LogP) is 2.65. The summed E-state index contributed by atoms with van der Waals surface area (Å²) in [7, 11) is 3.92. The van der Waals surface area contributed by atoms with Crippen molar-refractivity contribution in [3.63, 3.8) is 0 Å². The van der Waals surface area contributed by atoms with Crippen LogP contribution in [0.15, 0.2) is 83.9 Å². The fraction of sp³-hybridized carbons (Fsp3) is 0.200. The van der Waals surface area contributed by atoms with Crippen LogP contribution >= 0.6 is 0 Å². The average molecular weight is 476 g/mol. The summed E-state index contributed by atoms with van der Waals surface area (Å²) in [4.78, 5) is 39.2. The number of anilines is 2. The number of aromatic nitrogens is 2. The van der Waals surface area contributed by atoms with Crippen molar-refractivity contribution in [1.29, 1.82) is 0 Å². The van der Waals surface area contributed by atoms with E-state index in [1.807, 2.05) is 25.1 Å². The normalized spacial score (nSPS) is 15.5. The van der Waals surface area contributed by atoms with E-state index in [9.17, 15) is 19.8 Å². The summed E-state index contributed by atoms with van der Waals surface area (Å²) in [6.07, 6.45) is 3.05. The summed E-state index contributed by atoms with van der Waals surface area (Å²) >= 11 is 0. The highest BCUT2D eigenvalue weighted by Gasteiger charge is 2.43. The Balaban J connectivity index is 1.80. The first-order valence-corrected chi connectivity index (χ1v) is 10.8. The summed E-state index contributed by atoms with van der Waals surface area (Å²) in [5, 5.41) is 23.3. The molecular weight excluding hydrogens is 450 g/mol. The molecule has 180 valence electrons. The summed E-state index contributed by atoms with van der Waals surface area (Å²) in [6, 6.07) is 7.03. The van der Waals surface area contributed by atoms with Crippen molar-refractivity contribution >= 4 is 23.2 Å². The van der Waals surface area contributed by atoms with Gasteiger partial charge in [0.15, 0.2) is 0 Å². The number of hydrogen-bond donors (Lipinski definition) is 3. The van der Waals surface area contributed by atoms with Gasteiger partial charge in [-0.1, -0.05) is 31.4 Å². The minimum atomic E-state index is -0.804. The molecule has 3 N–H and O–H groups in total. The Hall–Kier alpha value is -4.44. The van der Waals surface area contributed by atoms with Gasteiger partial charge in [-0.3, -0.25) is 9.59 Å². The number of allylic oxidation sites excluding steroid dienone is 4. The molecule has 2 aliphatic rings. The van der Waals surface area contributed by atoms with Gasteiger partial charge in [0.25, 0.3) is 0 Å². The Morgan fingerprint density at radius 3 is 2.34 bits per heavy atom. The third kappa shape index (κ3) is 4.51. The standard InChI is InChI=1S/C25H25N5O5/c1-14(31)19-20(15(2)32)23(34)24-21(22(19)33)30(13-16-7-5-6-8-18(16)35-24)17-11-27-25(28-12-17)26-9-10-29(3)4/h5-8,11-12,31-32H,1-2,9-10,13H2,3-4H3,(H,26,27,28). The van der Waals surface area contributed by atoms with Crippen LogP contribution in [-0.2, 0) is 16.1 Å². The molecule has 0 atom stereocenters. The number of para-hydroxylation sites is 1. The maximum absolute atomic E-state index is 13.6. The molecule has 0 bridgehead atoms. The number of nitrogens with zero attached hydrogens (tertiary/aromatic N) is 4. The van der Waals surface area contributed by atoms with Crippen LogP contribution in [0.25, 0.3) is 0 Å². The molecule has 0 saturated carbocycles. The van der Waals surface area contributed by atoms with Gasteiger partial charge in [-0.2, -0.15) is 0 Å². The quantitative estimate of drug-likeness (QED) is 0.406. The Morgan fingerprint density at radius 2 is 1.71 bits per heavy atom. The second kappa shape index (κ2) is 9.43. The van der Waals surface area contributed by atoms with Crippen molar-refractivity contribution in [1.82, 2.24) is 14.9 Å². The second-order valence-electron chi connectivity index (χ2n) is 8.27. The molecule has 10 nitrogen and oxygen atoms in total. The van der Waals surface area contributed by atoms with Crippen molar-refractivity contribution in [3.8, 4) is 5.75 Å². The van der Waals surface area contributed by atoms with Gasteiger partial charge in [0.05, 0.1) is 35.8 Å². The molecule has 0 amide bonds. The third-order valence-corrected chi connectivity index (χ3v) is 5.49. The highest BCUT2D eigenvalue weighted by Crippen LogP contribution is 2.39. The van der Waals surface area contributed by atoms with E-state index >= 15 is 0 Å². The molecule has 0 spiro atoms. The molecule has 0 fully saturated rings. The van der Waals surface area contributed by atoms with Gasteiger partial charge >= 0.3 is 0 Å². The van der Waals surface area contributed by atoms with E-state index in [1.165, 1.54) is 12.4 Å². The number of aliphatic hydroxyl groups excluding tert-OH is 2. The van der Waals surface area contributed by atoms with Crippen LogP contribution in [0.5, 0.6) is 5.75 Å². The minimum Gasteiger partial charge on any atom is -0.508 e. The van der Waals surface area contributed by atoms with Gasteiger partial charge < -0.3 is 30.1 Å². The number of Topliss-reactive ketones (excluding diaryl/α,β-unsaturated/α-hetero) is 2. The van der Waals surface area contributed by atoms with Crippen LogP contribution in [0.3, 0.4) is 0 Å². The number of aliphatic hydroxyl groups is 2. The molecule has 2 heterocycles. The number of rotatable bonds is 7. The molecule has 0 unspecified atom stereocenters. The van der Waals surface area contributed by atoms with E-state index in [1.54, 1.807) is 23.1 Å². The Bertz CT molecular complexity index is 1290. The number of ether oxygens (including phenoxy) is 1. The van der Waals surface area contributed by atoms with Crippen LogP contribution in [0.4, 0.5) is 11.6 Å². The van der Waals surface area contributed by atoms with Crippen molar-refractivity contribution in [2.45, 2.75) is 6.54 Å². The minimum absolute atomic E-state index is 0.127. The molecule has 1 aromatic carbocycles. The van der Waals surface area contributed by atoms with Crippen molar-refractivity contribution in [2.24, 2.45) is 0 Å². The molecule has 10 heteroatoms. The van der Waals surface area contributed by atoms with Gasteiger partial charge in [-0.15, -0.1) is 0 Å². The first-order valence-electron chi connectivity index (χ1n) is 10.8. The molecule has 35 heavy (non-hydrogen) atoms.